The summed E-state index contributed by atoms with van der Waals surface area (Å²) in [5, 5.41) is 3.28. The van der Waals surface area contributed by atoms with Crippen LogP contribution in [0.4, 0.5) is 4.79 Å². The van der Waals surface area contributed by atoms with Crippen LogP contribution in [0.3, 0.4) is 0 Å². The lowest BCUT2D eigenvalue weighted by atomic mass is 9.92. The molecule has 1 atom stereocenters. The summed E-state index contributed by atoms with van der Waals surface area (Å²) in [6.07, 6.45) is 0. The SMILES string of the molecule is COC(=O)c1ccc(CN2C(=O)NC(C)(c3ccc(Cl)c(Cl)c3)C2=O)o1. The zero-order chi connectivity index (χ0) is 19.1. The molecule has 3 amide bonds. The van der Waals surface area contributed by atoms with Gasteiger partial charge >= 0.3 is 12.0 Å². The zero-order valence-electron chi connectivity index (χ0n) is 13.8. The van der Waals surface area contributed by atoms with Crippen LogP contribution in [0.25, 0.3) is 0 Å². The fourth-order valence-corrected chi connectivity index (χ4v) is 2.97. The van der Waals surface area contributed by atoms with Crippen LogP contribution in [-0.4, -0.2) is 29.9 Å². The fourth-order valence-electron chi connectivity index (χ4n) is 2.67. The number of carbonyl (C=O) groups is 3. The predicted octanol–water partition coefficient (Wildman–Crippen LogP) is 3.34. The number of hydrogen-bond acceptors (Lipinski definition) is 5. The van der Waals surface area contributed by atoms with Crippen molar-refractivity contribution < 1.29 is 23.5 Å². The number of urea groups is 1. The van der Waals surface area contributed by atoms with Crippen LogP contribution in [0.15, 0.2) is 34.7 Å². The van der Waals surface area contributed by atoms with Crippen molar-refractivity contribution in [3.8, 4) is 0 Å². The van der Waals surface area contributed by atoms with Gasteiger partial charge in [-0.05, 0) is 36.8 Å². The molecular formula is C17H14Cl2N2O5. The summed E-state index contributed by atoms with van der Waals surface area (Å²) in [5.41, 5.74) is -0.786. The van der Waals surface area contributed by atoms with Crippen molar-refractivity contribution in [2.75, 3.05) is 7.11 Å². The third kappa shape index (κ3) is 3.04. The number of furan rings is 1. The molecule has 0 bridgehead atoms. The van der Waals surface area contributed by atoms with Gasteiger partial charge < -0.3 is 14.5 Å². The van der Waals surface area contributed by atoms with E-state index in [2.05, 4.69) is 10.1 Å². The first-order valence-electron chi connectivity index (χ1n) is 7.53. The van der Waals surface area contributed by atoms with Gasteiger partial charge in [0.2, 0.25) is 5.76 Å². The topological polar surface area (TPSA) is 88.9 Å². The molecule has 2 heterocycles. The molecule has 136 valence electrons. The molecule has 1 unspecified atom stereocenters. The Hall–Kier alpha value is -2.51. The van der Waals surface area contributed by atoms with E-state index < -0.39 is 23.4 Å². The summed E-state index contributed by atoms with van der Waals surface area (Å²) in [5.74, 6) is -0.861. The van der Waals surface area contributed by atoms with E-state index in [-0.39, 0.29) is 23.1 Å². The standard InChI is InChI=1S/C17H14Cl2N2O5/c1-17(9-3-5-11(18)12(19)7-9)15(23)21(16(24)20-17)8-10-4-6-13(26-10)14(22)25-2/h3-7H,8H2,1-2H3,(H,20,24). The smallest absolute Gasteiger partial charge is 0.373 e. The highest BCUT2D eigenvalue weighted by atomic mass is 35.5. The number of esters is 1. The van der Waals surface area contributed by atoms with E-state index in [0.717, 1.165) is 4.90 Å². The van der Waals surface area contributed by atoms with Gasteiger partial charge in [0.15, 0.2) is 0 Å². The quantitative estimate of drug-likeness (QED) is 0.632. The Labute approximate surface area is 158 Å². The van der Waals surface area contributed by atoms with Crippen molar-refractivity contribution in [3.05, 3.63) is 57.5 Å². The van der Waals surface area contributed by atoms with E-state index in [1.165, 1.54) is 25.3 Å². The molecule has 0 radical (unpaired) electrons. The highest BCUT2D eigenvalue weighted by Crippen LogP contribution is 2.33. The first-order chi connectivity index (χ1) is 12.3. The average Bonchev–Trinajstić information content (AvgIpc) is 3.16. The van der Waals surface area contributed by atoms with Gasteiger partial charge in [-0.25, -0.2) is 9.59 Å². The zero-order valence-corrected chi connectivity index (χ0v) is 15.4. The van der Waals surface area contributed by atoms with E-state index in [1.54, 1.807) is 19.1 Å². The van der Waals surface area contributed by atoms with Crippen molar-refractivity contribution >= 4 is 41.1 Å². The van der Waals surface area contributed by atoms with Gasteiger partial charge in [0.1, 0.15) is 11.3 Å². The molecule has 1 fully saturated rings. The second kappa shape index (κ2) is 6.66. The maximum atomic E-state index is 12.9. The summed E-state index contributed by atoms with van der Waals surface area (Å²) in [7, 11) is 1.23. The number of benzene rings is 1. The summed E-state index contributed by atoms with van der Waals surface area (Å²) in [6, 6.07) is 7.05. The average molecular weight is 397 g/mol. The lowest BCUT2D eigenvalue weighted by Crippen LogP contribution is -2.40. The minimum Gasteiger partial charge on any atom is -0.463 e. The molecule has 1 aliphatic rings. The number of amides is 3. The minimum absolute atomic E-state index is 0.0122. The van der Waals surface area contributed by atoms with Gasteiger partial charge in [0, 0.05) is 0 Å². The number of nitrogens with zero attached hydrogens (tertiary/aromatic N) is 1. The van der Waals surface area contributed by atoms with Crippen molar-refractivity contribution in [2.45, 2.75) is 19.0 Å². The number of halogens is 2. The maximum Gasteiger partial charge on any atom is 0.373 e. The Kier molecular flexibility index (Phi) is 4.68. The van der Waals surface area contributed by atoms with E-state index in [9.17, 15) is 14.4 Å². The number of rotatable bonds is 4. The number of hydrogen-bond donors (Lipinski definition) is 1. The van der Waals surface area contributed by atoms with Gasteiger partial charge in [0.05, 0.1) is 23.7 Å². The third-order valence-corrected chi connectivity index (χ3v) is 4.87. The Morgan fingerprint density at radius 2 is 1.96 bits per heavy atom. The van der Waals surface area contributed by atoms with Crippen LogP contribution >= 0.6 is 23.2 Å². The number of ether oxygens (including phenoxy) is 1. The van der Waals surface area contributed by atoms with E-state index >= 15 is 0 Å². The van der Waals surface area contributed by atoms with E-state index in [4.69, 9.17) is 27.6 Å². The summed E-state index contributed by atoms with van der Waals surface area (Å²) in [4.78, 5) is 37.6. The molecule has 1 N–H and O–H groups in total. The van der Waals surface area contributed by atoms with Crippen molar-refractivity contribution in [2.24, 2.45) is 0 Å². The van der Waals surface area contributed by atoms with Crippen LogP contribution in [0.1, 0.15) is 28.8 Å². The van der Waals surface area contributed by atoms with Crippen LogP contribution in [0, 0.1) is 0 Å². The Morgan fingerprint density at radius 1 is 1.23 bits per heavy atom. The second-order valence-corrected chi connectivity index (χ2v) is 6.65. The van der Waals surface area contributed by atoms with Gasteiger partial charge in [0.25, 0.3) is 5.91 Å². The van der Waals surface area contributed by atoms with Gasteiger partial charge in [-0.1, -0.05) is 29.3 Å². The van der Waals surface area contributed by atoms with E-state index in [0.29, 0.717) is 10.6 Å². The second-order valence-electron chi connectivity index (χ2n) is 5.83. The number of imide groups is 1. The van der Waals surface area contributed by atoms with Gasteiger partial charge in [-0.2, -0.15) is 0 Å². The summed E-state index contributed by atoms with van der Waals surface area (Å²) in [6.45, 7) is 1.45. The molecule has 2 aromatic rings. The first kappa shape index (κ1) is 18.3. The van der Waals surface area contributed by atoms with Crippen molar-refractivity contribution in [1.82, 2.24) is 10.2 Å². The molecule has 0 aliphatic carbocycles. The largest absolute Gasteiger partial charge is 0.463 e. The summed E-state index contributed by atoms with van der Waals surface area (Å²) < 4.78 is 9.87. The van der Waals surface area contributed by atoms with Crippen LogP contribution < -0.4 is 5.32 Å². The molecule has 0 saturated carbocycles. The van der Waals surface area contributed by atoms with Crippen molar-refractivity contribution in [1.29, 1.82) is 0 Å². The first-order valence-corrected chi connectivity index (χ1v) is 8.28. The normalized spacial score (nSPS) is 19.6. The number of carbonyl (C=O) groups excluding carboxylic acids is 3. The van der Waals surface area contributed by atoms with Crippen molar-refractivity contribution in [3.63, 3.8) is 0 Å². The minimum atomic E-state index is -1.29. The van der Waals surface area contributed by atoms with Crippen LogP contribution in [0.5, 0.6) is 0 Å². The van der Waals surface area contributed by atoms with Crippen LogP contribution in [-0.2, 0) is 21.6 Å². The Morgan fingerprint density at radius 3 is 2.62 bits per heavy atom. The molecule has 1 aromatic heterocycles. The number of methoxy groups -OCH3 is 1. The van der Waals surface area contributed by atoms with Gasteiger partial charge in [-0.3, -0.25) is 9.69 Å². The molecule has 1 aromatic carbocycles. The molecule has 3 rings (SSSR count). The maximum absolute atomic E-state index is 12.9. The molecule has 9 heteroatoms. The molecule has 1 aliphatic heterocycles. The van der Waals surface area contributed by atoms with Gasteiger partial charge in [-0.15, -0.1) is 0 Å². The highest BCUT2D eigenvalue weighted by Gasteiger charge is 2.49. The Bertz CT molecular complexity index is 910. The molecular weight excluding hydrogens is 383 g/mol. The van der Waals surface area contributed by atoms with E-state index in [1.807, 2.05) is 0 Å². The molecule has 1 saturated heterocycles. The third-order valence-electron chi connectivity index (χ3n) is 4.13. The lowest BCUT2D eigenvalue weighted by molar-refractivity contribution is -0.131. The van der Waals surface area contributed by atoms with Crippen LogP contribution in [0.2, 0.25) is 10.0 Å². The lowest BCUT2D eigenvalue weighted by Gasteiger charge is -2.22. The Balaban J connectivity index is 1.85. The highest BCUT2D eigenvalue weighted by molar-refractivity contribution is 6.42. The monoisotopic (exact) mass is 396 g/mol. The number of nitrogens with one attached hydrogen (secondary N) is 1. The molecule has 26 heavy (non-hydrogen) atoms. The summed E-state index contributed by atoms with van der Waals surface area (Å²) >= 11 is 11.9. The fraction of sp³-hybridized carbons (Fsp3) is 0.235. The predicted molar refractivity (Wildman–Crippen MR) is 92.9 cm³/mol. The molecule has 7 nitrogen and oxygen atoms in total. The molecule has 0 spiro atoms.